The first-order valence-corrected chi connectivity index (χ1v) is 6.72. The van der Waals surface area contributed by atoms with E-state index in [1.54, 1.807) is 11.3 Å². The number of hydrogen-bond donors (Lipinski definition) is 1. The van der Waals surface area contributed by atoms with Crippen molar-refractivity contribution in [1.29, 1.82) is 0 Å². The number of nitrogens with zero attached hydrogens (tertiary/aromatic N) is 3. The van der Waals surface area contributed by atoms with Crippen molar-refractivity contribution < 1.29 is 4.74 Å². The monoisotopic (exact) mass is 284 g/mol. The van der Waals surface area contributed by atoms with Gasteiger partial charge < -0.3 is 10.1 Å². The zero-order valence-electron chi connectivity index (χ0n) is 10.1. The molecule has 0 amide bonds. The fourth-order valence-corrected chi connectivity index (χ4v) is 2.36. The predicted molar refractivity (Wildman–Crippen MR) is 72.5 cm³/mol. The molecular weight excluding hydrogens is 272 g/mol. The number of nitrogens with one attached hydrogen (secondary N) is 1. The van der Waals surface area contributed by atoms with Crippen LogP contribution in [0.4, 0.5) is 5.95 Å². The Bertz CT molecular complexity index is 506. The van der Waals surface area contributed by atoms with Crippen LogP contribution in [-0.4, -0.2) is 28.1 Å². The van der Waals surface area contributed by atoms with Gasteiger partial charge in [0.25, 0.3) is 0 Å². The van der Waals surface area contributed by atoms with Gasteiger partial charge in [-0.1, -0.05) is 0 Å². The lowest BCUT2D eigenvalue weighted by atomic mass is 10.1. The number of ether oxygens (including phenoxy) is 1. The first kappa shape index (κ1) is 13.0. The topological polar surface area (TPSA) is 59.9 Å². The summed E-state index contributed by atoms with van der Waals surface area (Å²) in [6.45, 7) is 2.06. The van der Waals surface area contributed by atoms with Crippen LogP contribution in [0.15, 0.2) is 16.8 Å². The Kier molecular flexibility index (Phi) is 4.33. The Morgan fingerprint density at radius 1 is 1.44 bits per heavy atom. The van der Waals surface area contributed by atoms with Crippen LogP contribution in [0.2, 0.25) is 5.28 Å². The molecule has 0 aliphatic rings. The molecule has 1 atom stereocenters. The normalized spacial score (nSPS) is 12.2. The molecule has 2 aromatic rings. The maximum atomic E-state index is 5.77. The van der Waals surface area contributed by atoms with E-state index in [-0.39, 0.29) is 17.3 Å². The van der Waals surface area contributed by atoms with Crippen LogP contribution in [0.25, 0.3) is 0 Å². The molecule has 0 aromatic carbocycles. The van der Waals surface area contributed by atoms with Crippen LogP contribution in [0.5, 0.6) is 6.01 Å². The van der Waals surface area contributed by atoms with E-state index in [2.05, 4.69) is 44.0 Å². The molecule has 2 aromatic heterocycles. The van der Waals surface area contributed by atoms with Crippen LogP contribution in [-0.2, 0) is 6.42 Å². The summed E-state index contributed by atoms with van der Waals surface area (Å²) in [4.78, 5) is 11.9. The summed E-state index contributed by atoms with van der Waals surface area (Å²) in [5, 5.41) is 7.48. The first-order valence-electron chi connectivity index (χ1n) is 5.40. The van der Waals surface area contributed by atoms with E-state index < -0.39 is 0 Å². The fourth-order valence-electron chi connectivity index (χ4n) is 1.52. The third kappa shape index (κ3) is 3.54. The molecule has 0 saturated heterocycles. The van der Waals surface area contributed by atoms with E-state index in [1.165, 1.54) is 12.7 Å². The minimum Gasteiger partial charge on any atom is -0.467 e. The molecule has 0 saturated carbocycles. The van der Waals surface area contributed by atoms with Crippen molar-refractivity contribution in [3.05, 3.63) is 27.7 Å². The summed E-state index contributed by atoms with van der Waals surface area (Å²) < 4.78 is 4.94. The molecule has 7 heteroatoms. The molecule has 0 bridgehead atoms. The smallest absolute Gasteiger partial charge is 0.322 e. The lowest BCUT2D eigenvalue weighted by molar-refractivity contribution is 0.378. The van der Waals surface area contributed by atoms with Gasteiger partial charge in [0.15, 0.2) is 0 Å². The molecule has 0 radical (unpaired) electrons. The van der Waals surface area contributed by atoms with Crippen molar-refractivity contribution >= 4 is 28.9 Å². The van der Waals surface area contributed by atoms with Gasteiger partial charge in [-0.15, -0.1) is 0 Å². The molecule has 1 N–H and O–H groups in total. The van der Waals surface area contributed by atoms with Gasteiger partial charge in [0.05, 0.1) is 7.11 Å². The number of aromatic nitrogens is 3. The minimum absolute atomic E-state index is 0.118. The SMILES string of the molecule is COc1nc(Cl)nc(NC(C)Cc2ccsc2)n1. The number of hydrogen-bond acceptors (Lipinski definition) is 6. The Hall–Kier alpha value is -1.40. The van der Waals surface area contributed by atoms with Crippen molar-refractivity contribution in [2.24, 2.45) is 0 Å². The number of rotatable bonds is 5. The molecule has 18 heavy (non-hydrogen) atoms. The van der Waals surface area contributed by atoms with Gasteiger partial charge in [0.1, 0.15) is 0 Å². The van der Waals surface area contributed by atoms with Crippen molar-refractivity contribution in [3.8, 4) is 6.01 Å². The molecule has 0 spiro atoms. The quantitative estimate of drug-likeness (QED) is 0.915. The molecule has 0 fully saturated rings. The summed E-state index contributed by atoms with van der Waals surface area (Å²) in [6.07, 6.45) is 0.898. The Morgan fingerprint density at radius 2 is 2.28 bits per heavy atom. The molecule has 1 unspecified atom stereocenters. The predicted octanol–water partition coefficient (Wildman–Crippen LogP) is 2.64. The average molecular weight is 285 g/mol. The van der Waals surface area contributed by atoms with Gasteiger partial charge in [-0.3, -0.25) is 0 Å². The highest BCUT2D eigenvalue weighted by atomic mass is 35.5. The van der Waals surface area contributed by atoms with Crippen LogP contribution >= 0.6 is 22.9 Å². The molecule has 0 aliphatic heterocycles. The maximum Gasteiger partial charge on any atom is 0.322 e. The van der Waals surface area contributed by atoms with Crippen LogP contribution < -0.4 is 10.1 Å². The molecular formula is C11H13ClN4OS. The van der Waals surface area contributed by atoms with Gasteiger partial charge in [-0.2, -0.15) is 26.3 Å². The Labute approximate surface area is 114 Å². The number of methoxy groups -OCH3 is 1. The largest absolute Gasteiger partial charge is 0.467 e. The first-order chi connectivity index (χ1) is 8.67. The second kappa shape index (κ2) is 5.97. The lowest BCUT2D eigenvalue weighted by Gasteiger charge is -2.13. The molecule has 5 nitrogen and oxygen atoms in total. The maximum absolute atomic E-state index is 5.77. The highest BCUT2D eigenvalue weighted by Gasteiger charge is 2.09. The van der Waals surface area contributed by atoms with Crippen LogP contribution in [0, 0.1) is 0 Å². The van der Waals surface area contributed by atoms with Crippen molar-refractivity contribution in [2.45, 2.75) is 19.4 Å². The average Bonchev–Trinajstić information content (AvgIpc) is 2.80. The Balaban J connectivity index is 2.02. The number of halogens is 1. The summed E-state index contributed by atoms with van der Waals surface area (Å²) in [5.74, 6) is 0.426. The van der Waals surface area contributed by atoms with Gasteiger partial charge in [0, 0.05) is 6.04 Å². The van der Waals surface area contributed by atoms with E-state index in [1.807, 2.05) is 0 Å². The summed E-state index contributed by atoms with van der Waals surface area (Å²) in [7, 11) is 1.49. The fraction of sp³-hybridized carbons (Fsp3) is 0.364. The van der Waals surface area contributed by atoms with Gasteiger partial charge in [-0.05, 0) is 47.3 Å². The van der Waals surface area contributed by atoms with Gasteiger partial charge >= 0.3 is 6.01 Å². The number of anilines is 1. The second-order valence-electron chi connectivity index (χ2n) is 3.80. The zero-order chi connectivity index (χ0) is 13.0. The summed E-state index contributed by atoms with van der Waals surface area (Å²) in [6, 6.07) is 2.51. The summed E-state index contributed by atoms with van der Waals surface area (Å²) in [5.41, 5.74) is 1.28. The Morgan fingerprint density at radius 3 is 2.94 bits per heavy atom. The molecule has 96 valence electrons. The second-order valence-corrected chi connectivity index (χ2v) is 4.91. The van der Waals surface area contributed by atoms with E-state index in [0.717, 1.165) is 6.42 Å². The van der Waals surface area contributed by atoms with E-state index >= 15 is 0 Å². The molecule has 0 aliphatic carbocycles. The van der Waals surface area contributed by atoms with E-state index in [4.69, 9.17) is 16.3 Å². The standard InChI is InChI=1S/C11H13ClN4OS/c1-7(5-8-3-4-18-6-8)13-10-14-9(12)15-11(16-10)17-2/h3-4,6-7H,5H2,1-2H3,(H,13,14,15,16). The van der Waals surface area contributed by atoms with Crippen molar-refractivity contribution in [2.75, 3.05) is 12.4 Å². The van der Waals surface area contributed by atoms with Crippen molar-refractivity contribution in [1.82, 2.24) is 15.0 Å². The zero-order valence-corrected chi connectivity index (χ0v) is 11.6. The van der Waals surface area contributed by atoms with E-state index in [0.29, 0.717) is 5.95 Å². The van der Waals surface area contributed by atoms with Crippen LogP contribution in [0.3, 0.4) is 0 Å². The van der Waals surface area contributed by atoms with Crippen LogP contribution in [0.1, 0.15) is 12.5 Å². The third-order valence-electron chi connectivity index (χ3n) is 2.27. The van der Waals surface area contributed by atoms with Crippen molar-refractivity contribution in [3.63, 3.8) is 0 Å². The highest BCUT2D eigenvalue weighted by Crippen LogP contribution is 2.14. The van der Waals surface area contributed by atoms with Gasteiger partial charge in [0.2, 0.25) is 11.2 Å². The van der Waals surface area contributed by atoms with Gasteiger partial charge in [-0.25, -0.2) is 0 Å². The highest BCUT2D eigenvalue weighted by molar-refractivity contribution is 7.07. The van der Waals surface area contributed by atoms with E-state index in [9.17, 15) is 0 Å². The lowest BCUT2D eigenvalue weighted by Crippen LogP contribution is -2.20. The molecule has 2 rings (SSSR count). The number of thiophene rings is 1. The molecule has 2 heterocycles. The summed E-state index contributed by atoms with van der Waals surface area (Å²) >= 11 is 7.46. The third-order valence-corrected chi connectivity index (χ3v) is 3.17. The minimum atomic E-state index is 0.118.